The van der Waals surface area contributed by atoms with E-state index in [1.807, 2.05) is 27.7 Å². The van der Waals surface area contributed by atoms with Gasteiger partial charge in [0.2, 0.25) is 0 Å². The highest BCUT2D eigenvalue weighted by molar-refractivity contribution is 8.16. The quantitative estimate of drug-likeness (QED) is 0.606. The number of hydrogen-bond donors (Lipinski definition) is 1. The van der Waals surface area contributed by atoms with E-state index in [9.17, 15) is 9.59 Å². The number of ether oxygens (including phenoxy) is 2. The highest BCUT2D eigenvalue weighted by Gasteiger charge is 2.45. The zero-order valence-electron chi connectivity index (χ0n) is 19.9. The van der Waals surface area contributed by atoms with Crippen molar-refractivity contribution in [2.75, 3.05) is 39.3 Å². The number of amides is 2. The van der Waals surface area contributed by atoms with Crippen molar-refractivity contribution in [2.24, 2.45) is 16.8 Å². The molecule has 0 spiro atoms. The van der Waals surface area contributed by atoms with Gasteiger partial charge < -0.3 is 19.7 Å². The van der Waals surface area contributed by atoms with E-state index in [0.29, 0.717) is 31.7 Å². The fraction of sp³-hybridized carbons (Fsp3) is 0.870. The topological polar surface area (TPSA) is 83.5 Å². The molecule has 180 valence electrons. The van der Waals surface area contributed by atoms with E-state index >= 15 is 0 Å². The predicted molar refractivity (Wildman–Crippen MR) is 126 cm³/mol. The molecule has 4 unspecified atom stereocenters. The zero-order valence-corrected chi connectivity index (χ0v) is 20.7. The van der Waals surface area contributed by atoms with Gasteiger partial charge in [0.1, 0.15) is 5.60 Å². The molecule has 0 aromatic carbocycles. The van der Waals surface area contributed by atoms with Gasteiger partial charge in [-0.1, -0.05) is 6.42 Å². The maximum absolute atomic E-state index is 12.5. The number of nitrogens with one attached hydrogen (secondary N) is 1. The van der Waals surface area contributed by atoms with Crippen molar-refractivity contribution in [1.29, 1.82) is 0 Å². The number of carbonyl (C=O) groups is 2. The minimum atomic E-state index is -0.897. The lowest BCUT2D eigenvalue weighted by atomic mass is 9.96. The summed E-state index contributed by atoms with van der Waals surface area (Å²) in [6, 6.07) is 0.373. The van der Waals surface area contributed by atoms with Gasteiger partial charge in [0.25, 0.3) is 5.91 Å². The minimum Gasteiger partial charge on any atom is -0.444 e. The molecule has 4 rings (SSSR count). The number of piperazine rings is 1. The Morgan fingerprint density at radius 2 is 1.97 bits per heavy atom. The molecule has 0 aromatic rings. The number of thioether (sulfide) groups is 1. The predicted octanol–water partition coefficient (Wildman–Crippen LogP) is 3.07. The molecule has 4 atom stereocenters. The first-order valence-corrected chi connectivity index (χ1v) is 12.9. The maximum Gasteiger partial charge on any atom is 0.410 e. The fourth-order valence-electron chi connectivity index (χ4n) is 5.18. The molecular formula is C23H38N4O4S. The lowest BCUT2D eigenvalue weighted by Gasteiger charge is -2.35. The summed E-state index contributed by atoms with van der Waals surface area (Å²) >= 11 is 1.42. The smallest absolute Gasteiger partial charge is 0.410 e. The van der Waals surface area contributed by atoms with Crippen molar-refractivity contribution in [3.63, 3.8) is 0 Å². The van der Waals surface area contributed by atoms with E-state index < -0.39 is 10.5 Å². The van der Waals surface area contributed by atoms with Crippen LogP contribution in [0.15, 0.2) is 4.99 Å². The van der Waals surface area contributed by atoms with Crippen molar-refractivity contribution in [3.05, 3.63) is 0 Å². The Labute approximate surface area is 195 Å². The van der Waals surface area contributed by atoms with E-state index in [0.717, 1.165) is 37.1 Å². The highest BCUT2D eigenvalue weighted by Crippen LogP contribution is 2.46. The zero-order chi connectivity index (χ0) is 22.9. The molecule has 2 heterocycles. The third-order valence-electron chi connectivity index (χ3n) is 6.93. The second-order valence-corrected chi connectivity index (χ2v) is 12.1. The summed E-state index contributed by atoms with van der Waals surface area (Å²) in [6.07, 6.45) is 5.71. The summed E-state index contributed by atoms with van der Waals surface area (Å²) < 4.78 is 11.5. The van der Waals surface area contributed by atoms with Crippen molar-refractivity contribution in [1.82, 2.24) is 15.1 Å². The average Bonchev–Trinajstić information content (AvgIpc) is 3.40. The van der Waals surface area contributed by atoms with Gasteiger partial charge in [-0.2, -0.15) is 0 Å². The number of rotatable bonds is 6. The van der Waals surface area contributed by atoms with Crippen LogP contribution in [0.4, 0.5) is 4.79 Å². The molecule has 4 aliphatic rings. The molecule has 9 heteroatoms. The summed E-state index contributed by atoms with van der Waals surface area (Å²) in [6.45, 7) is 11.9. The number of aliphatic imine (C=N–C) groups is 1. The van der Waals surface area contributed by atoms with Gasteiger partial charge in [-0.05, 0) is 77.0 Å². The van der Waals surface area contributed by atoms with Crippen LogP contribution in [0.3, 0.4) is 0 Å². The van der Waals surface area contributed by atoms with Gasteiger partial charge in [-0.15, -0.1) is 0 Å². The molecule has 4 fully saturated rings. The lowest BCUT2D eigenvalue weighted by Crippen LogP contribution is -2.50. The van der Waals surface area contributed by atoms with Gasteiger partial charge in [0, 0.05) is 32.7 Å². The number of nitrogens with zero attached hydrogens (tertiary/aromatic N) is 3. The molecule has 2 amide bonds. The van der Waals surface area contributed by atoms with E-state index in [1.165, 1.54) is 37.4 Å². The van der Waals surface area contributed by atoms with Crippen LogP contribution < -0.4 is 5.32 Å². The molecular weight excluding hydrogens is 428 g/mol. The van der Waals surface area contributed by atoms with Crippen molar-refractivity contribution >= 4 is 28.9 Å². The van der Waals surface area contributed by atoms with E-state index in [4.69, 9.17) is 14.5 Å². The molecule has 0 aromatic heterocycles. The Bertz CT molecular complexity index is 747. The van der Waals surface area contributed by atoms with Crippen molar-refractivity contribution < 1.29 is 19.1 Å². The van der Waals surface area contributed by atoms with Gasteiger partial charge in [0.05, 0.1) is 12.6 Å². The molecule has 2 bridgehead atoms. The number of amidine groups is 1. The fourth-order valence-corrected chi connectivity index (χ4v) is 6.16. The standard InChI is InChI=1S/C23H38N4O4S/c1-22(2,3)31-21(29)27-11-9-26(10-12-27)8-5-13-30-23(4)19(28)25-20(32-23)24-18-15-16-6-7-17(18)14-16/h16-18H,5-15H2,1-4H3,(H,24,25,28). The average molecular weight is 467 g/mol. The normalized spacial score (nSPS) is 34.4. The third kappa shape index (κ3) is 5.78. The Morgan fingerprint density at radius 1 is 1.22 bits per heavy atom. The van der Waals surface area contributed by atoms with Crippen LogP contribution in [0.25, 0.3) is 0 Å². The van der Waals surface area contributed by atoms with E-state index in [-0.39, 0.29) is 12.0 Å². The summed E-state index contributed by atoms with van der Waals surface area (Å²) in [5.41, 5.74) is -0.465. The Morgan fingerprint density at radius 3 is 2.59 bits per heavy atom. The van der Waals surface area contributed by atoms with Crippen LogP contribution in [0, 0.1) is 11.8 Å². The second kappa shape index (κ2) is 9.50. The maximum atomic E-state index is 12.5. The molecule has 0 radical (unpaired) electrons. The monoisotopic (exact) mass is 466 g/mol. The van der Waals surface area contributed by atoms with Crippen LogP contribution in [-0.4, -0.2) is 82.9 Å². The van der Waals surface area contributed by atoms with Crippen molar-refractivity contribution in [2.45, 2.75) is 76.4 Å². The van der Waals surface area contributed by atoms with Crippen LogP contribution in [0.2, 0.25) is 0 Å². The molecule has 2 saturated carbocycles. The Kier molecular flexibility index (Phi) is 7.08. The van der Waals surface area contributed by atoms with E-state index in [2.05, 4.69) is 10.2 Å². The van der Waals surface area contributed by atoms with Gasteiger partial charge >= 0.3 is 6.09 Å². The molecule has 2 aliphatic carbocycles. The SMILES string of the molecule is CC(C)(C)OC(=O)N1CCN(CCCOC2(C)SC(=NC3CC4CCC3C4)NC2=O)CC1. The summed E-state index contributed by atoms with van der Waals surface area (Å²) in [7, 11) is 0. The third-order valence-corrected chi connectivity index (χ3v) is 8.02. The molecule has 1 N–H and O–H groups in total. The Hall–Kier alpha value is -1.32. The molecule has 2 aliphatic heterocycles. The number of fused-ring (bicyclic) bond motifs is 2. The number of carbonyl (C=O) groups excluding carboxylic acids is 2. The minimum absolute atomic E-state index is 0.101. The van der Waals surface area contributed by atoms with Gasteiger partial charge in [-0.25, -0.2) is 4.79 Å². The van der Waals surface area contributed by atoms with E-state index in [1.54, 1.807) is 4.90 Å². The van der Waals surface area contributed by atoms with Crippen LogP contribution >= 0.6 is 11.8 Å². The van der Waals surface area contributed by atoms with Crippen LogP contribution in [0.1, 0.15) is 59.8 Å². The first-order chi connectivity index (χ1) is 15.1. The molecule has 8 nitrogen and oxygen atoms in total. The first kappa shape index (κ1) is 23.8. The van der Waals surface area contributed by atoms with Crippen LogP contribution in [0.5, 0.6) is 0 Å². The Balaban J connectivity index is 1.15. The largest absolute Gasteiger partial charge is 0.444 e. The van der Waals surface area contributed by atoms with Crippen molar-refractivity contribution in [3.8, 4) is 0 Å². The van der Waals surface area contributed by atoms with Crippen LogP contribution in [-0.2, 0) is 14.3 Å². The molecule has 32 heavy (non-hydrogen) atoms. The molecule has 2 saturated heterocycles. The summed E-state index contributed by atoms with van der Waals surface area (Å²) in [5.74, 6) is 1.44. The summed E-state index contributed by atoms with van der Waals surface area (Å²) in [4.78, 5) is 32.8. The van der Waals surface area contributed by atoms with Gasteiger partial charge in [0.15, 0.2) is 10.1 Å². The lowest BCUT2D eigenvalue weighted by molar-refractivity contribution is -0.132. The number of hydrogen-bond acceptors (Lipinski definition) is 7. The summed E-state index contributed by atoms with van der Waals surface area (Å²) in [5, 5.41) is 3.67. The first-order valence-electron chi connectivity index (χ1n) is 12.0. The second-order valence-electron chi connectivity index (χ2n) is 10.7. The van der Waals surface area contributed by atoms with Gasteiger partial charge in [-0.3, -0.25) is 14.7 Å². The highest BCUT2D eigenvalue weighted by atomic mass is 32.2.